The highest BCUT2D eigenvalue weighted by molar-refractivity contribution is 7.92. The number of anilines is 1. The molecule has 0 aromatic heterocycles. The van der Waals surface area contributed by atoms with Crippen molar-refractivity contribution in [2.45, 2.75) is 17.4 Å². The molecule has 0 unspecified atom stereocenters. The zero-order valence-corrected chi connectivity index (χ0v) is 17.5. The van der Waals surface area contributed by atoms with Crippen molar-refractivity contribution >= 4 is 27.3 Å². The first kappa shape index (κ1) is 20.5. The molecule has 0 spiro atoms. The Hall–Kier alpha value is -2.74. The minimum Gasteiger partial charge on any atom is -0.490 e. The first-order valence-electron chi connectivity index (χ1n) is 9.39. The number of hydrogen-bond acceptors (Lipinski definition) is 5. The Labute approximate surface area is 180 Å². The summed E-state index contributed by atoms with van der Waals surface area (Å²) in [5, 5.41) is 11.2. The van der Waals surface area contributed by atoms with Gasteiger partial charge in [-0.2, -0.15) is 0 Å². The van der Waals surface area contributed by atoms with Crippen molar-refractivity contribution < 1.29 is 23.0 Å². The van der Waals surface area contributed by atoms with Crippen molar-refractivity contribution in [3.05, 3.63) is 82.9 Å². The summed E-state index contributed by atoms with van der Waals surface area (Å²) < 4.78 is 39.8. The number of sulfonamides is 1. The fourth-order valence-corrected chi connectivity index (χ4v) is 4.47. The first-order valence-corrected chi connectivity index (χ1v) is 11.2. The van der Waals surface area contributed by atoms with Gasteiger partial charge in [-0.3, -0.25) is 4.72 Å². The molecule has 4 rings (SSSR count). The zero-order valence-electron chi connectivity index (χ0n) is 15.9. The fourth-order valence-electron chi connectivity index (χ4n) is 3.18. The number of rotatable bonds is 5. The van der Waals surface area contributed by atoms with E-state index in [9.17, 15) is 13.5 Å². The maximum absolute atomic E-state index is 13.0. The molecular formula is C22H20ClNO5S. The van der Waals surface area contributed by atoms with Gasteiger partial charge in [0.15, 0.2) is 11.5 Å². The van der Waals surface area contributed by atoms with Crippen molar-refractivity contribution in [3.63, 3.8) is 0 Å². The third-order valence-electron chi connectivity index (χ3n) is 4.70. The molecule has 0 amide bonds. The van der Waals surface area contributed by atoms with Gasteiger partial charge in [-0.1, -0.05) is 41.9 Å². The molecule has 1 aliphatic heterocycles. The third-order valence-corrected chi connectivity index (χ3v) is 6.30. The maximum atomic E-state index is 13.0. The van der Waals surface area contributed by atoms with Crippen molar-refractivity contribution in [2.75, 3.05) is 17.9 Å². The van der Waals surface area contributed by atoms with Crippen LogP contribution in [0, 0.1) is 0 Å². The van der Waals surface area contributed by atoms with Crippen LogP contribution in [0.2, 0.25) is 5.02 Å². The van der Waals surface area contributed by atoms with Gasteiger partial charge in [0.25, 0.3) is 10.0 Å². The second kappa shape index (κ2) is 8.55. The van der Waals surface area contributed by atoms with Gasteiger partial charge in [-0.05, 0) is 35.9 Å². The largest absolute Gasteiger partial charge is 0.490 e. The number of nitrogens with one attached hydrogen (secondary N) is 1. The Balaban J connectivity index is 1.68. The molecule has 1 atom stereocenters. The van der Waals surface area contributed by atoms with Crippen LogP contribution in [0.3, 0.4) is 0 Å². The molecule has 0 aliphatic carbocycles. The maximum Gasteiger partial charge on any atom is 0.262 e. The van der Waals surface area contributed by atoms with Crippen LogP contribution in [0.5, 0.6) is 11.5 Å². The summed E-state index contributed by atoms with van der Waals surface area (Å²) in [6.45, 7) is 0.970. The number of aliphatic hydroxyl groups is 1. The zero-order chi connectivity index (χ0) is 21.1. The quantitative estimate of drug-likeness (QED) is 0.608. The smallest absolute Gasteiger partial charge is 0.262 e. The number of benzene rings is 3. The van der Waals surface area contributed by atoms with Crippen molar-refractivity contribution in [2.24, 2.45) is 0 Å². The van der Waals surface area contributed by atoms with E-state index in [0.717, 1.165) is 6.42 Å². The van der Waals surface area contributed by atoms with Gasteiger partial charge in [0.2, 0.25) is 0 Å². The van der Waals surface area contributed by atoms with Crippen LogP contribution < -0.4 is 14.2 Å². The lowest BCUT2D eigenvalue weighted by molar-refractivity contribution is 0.221. The number of ether oxygens (including phenoxy) is 2. The molecule has 0 fully saturated rings. The predicted molar refractivity (Wildman–Crippen MR) is 115 cm³/mol. The van der Waals surface area contributed by atoms with Crippen LogP contribution in [0.25, 0.3) is 0 Å². The van der Waals surface area contributed by atoms with Crippen LogP contribution in [0.1, 0.15) is 23.7 Å². The van der Waals surface area contributed by atoms with E-state index in [2.05, 4.69) is 4.72 Å². The van der Waals surface area contributed by atoms with E-state index >= 15 is 0 Å². The number of hydrogen-bond donors (Lipinski definition) is 2. The molecule has 1 heterocycles. The highest BCUT2D eigenvalue weighted by atomic mass is 35.5. The summed E-state index contributed by atoms with van der Waals surface area (Å²) in [5.74, 6) is 0.897. The van der Waals surface area contributed by atoms with Crippen molar-refractivity contribution in [1.82, 2.24) is 0 Å². The molecule has 0 radical (unpaired) electrons. The van der Waals surface area contributed by atoms with Gasteiger partial charge in [-0.15, -0.1) is 0 Å². The van der Waals surface area contributed by atoms with Gasteiger partial charge < -0.3 is 14.6 Å². The summed E-state index contributed by atoms with van der Waals surface area (Å²) in [4.78, 5) is 0.0295. The van der Waals surface area contributed by atoms with E-state index in [0.29, 0.717) is 40.9 Å². The lowest BCUT2D eigenvalue weighted by atomic mass is 10.0. The second-order valence-corrected chi connectivity index (χ2v) is 8.93. The molecule has 8 heteroatoms. The van der Waals surface area contributed by atoms with Gasteiger partial charge in [0.05, 0.1) is 23.8 Å². The number of aliphatic hydroxyl groups excluding tert-OH is 1. The highest BCUT2D eigenvalue weighted by Crippen LogP contribution is 2.35. The topological polar surface area (TPSA) is 84.9 Å². The van der Waals surface area contributed by atoms with Gasteiger partial charge in [0, 0.05) is 23.1 Å². The summed E-state index contributed by atoms with van der Waals surface area (Å²) in [6, 6.07) is 18.1. The minimum atomic E-state index is -3.95. The van der Waals surface area contributed by atoms with E-state index in [4.69, 9.17) is 21.1 Å². The van der Waals surface area contributed by atoms with Crippen LogP contribution >= 0.6 is 11.6 Å². The lowest BCUT2D eigenvalue weighted by Gasteiger charge is -2.18. The molecule has 3 aromatic rings. The van der Waals surface area contributed by atoms with Gasteiger partial charge in [-0.25, -0.2) is 8.42 Å². The standard InChI is InChI=1S/C22H20ClNO5S/c23-16-7-9-19(18(13-16)22(25)15-5-2-1-3-6-15)24-30(26,27)17-8-10-20-21(14-17)29-12-4-11-28-20/h1-3,5-10,13-14,22,24-25H,4,11-12H2/t22-/m1/s1. The molecule has 2 N–H and O–H groups in total. The number of fused-ring (bicyclic) bond motifs is 1. The third kappa shape index (κ3) is 4.38. The predicted octanol–water partition coefficient (Wildman–Crippen LogP) is 4.38. The fraction of sp³-hybridized carbons (Fsp3) is 0.182. The van der Waals surface area contributed by atoms with Crippen molar-refractivity contribution in [1.29, 1.82) is 0 Å². The van der Waals surface area contributed by atoms with E-state index < -0.39 is 16.1 Å². The molecule has 0 saturated heterocycles. The Kier molecular flexibility index (Phi) is 5.85. The Morgan fingerprint density at radius 2 is 1.67 bits per heavy atom. The van der Waals surface area contributed by atoms with E-state index in [1.165, 1.54) is 18.2 Å². The monoisotopic (exact) mass is 445 g/mol. The summed E-state index contributed by atoms with van der Waals surface area (Å²) >= 11 is 6.11. The van der Waals surface area contributed by atoms with E-state index in [1.54, 1.807) is 42.5 Å². The van der Waals surface area contributed by atoms with Crippen molar-refractivity contribution in [3.8, 4) is 11.5 Å². The van der Waals surface area contributed by atoms with E-state index in [1.807, 2.05) is 6.07 Å². The molecule has 3 aromatic carbocycles. The molecule has 6 nitrogen and oxygen atoms in total. The Morgan fingerprint density at radius 1 is 0.933 bits per heavy atom. The van der Waals surface area contributed by atoms with Crippen LogP contribution in [0.4, 0.5) is 5.69 Å². The van der Waals surface area contributed by atoms with Gasteiger partial charge in [0.1, 0.15) is 6.10 Å². The molecule has 30 heavy (non-hydrogen) atoms. The average Bonchev–Trinajstić information content (AvgIpc) is 3.00. The lowest BCUT2D eigenvalue weighted by Crippen LogP contribution is -2.15. The Morgan fingerprint density at radius 3 is 2.43 bits per heavy atom. The summed E-state index contributed by atoms with van der Waals surface area (Å²) in [6.07, 6.45) is -0.327. The minimum absolute atomic E-state index is 0.0295. The van der Waals surface area contributed by atoms with E-state index in [-0.39, 0.29) is 10.6 Å². The first-order chi connectivity index (χ1) is 14.4. The average molecular weight is 446 g/mol. The van der Waals surface area contributed by atoms with Crippen LogP contribution in [-0.4, -0.2) is 26.7 Å². The normalized spacial score (nSPS) is 14.6. The SMILES string of the molecule is O=S(=O)(Nc1ccc(Cl)cc1[C@H](O)c1ccccc1)c1ccc2c(c1)OCCCO2. The second-order valence-electron chi connectivity index (χ2n) is 6.81. The number of halogens is 1. The highest BCUT2D eigenvalue weighted by Gasteiger charge is 2.22. The molecule has 156 valence electrons. The summed E-state index contributed by atoms with van der Waals surface area (Å²) in [7, 11) is -3.95. The van der Waals surface area contributed by atoms with Crippen LogP contribution in [0.15, 0.2) is 71.6 Å². The molecule has 1 aliphatic rings. The Bertz CT molecular complexity index is 1150. The molecular weight excluding hydrogens is 426 g/mol. The molecule has 0 bridgehead atoms. The summed E-state index contributed by atoms with van der Waals surface area (Å²) in [5.41, 5.74) is 1.21. The molecule has 0 saturated carbocycles. The van der Waals surface area contributed by atoms with Crippen LogP contribution in [-0.2, 0) is 10.0 Å². The van der Waals surface area contributed by atoms with Gasteiger partial charge >= 0.3 is 0 Å².